The van der Waals surface area contributed by atoms with Crippen LogP contribution in [0.25, 0.3) is 0 Å². The molecule has 0 saturated carbocycles. The minimum absolute atomic E-state index is 0.0802. The second-order valence-electron chi connectivity index (χ2n) is 4.54. The lowest BCUT2D eigenvalue weighted by Gasteiger charge is -2.15. The number of carbonyl (C=O) groups excluding carboxylic acids is 1. The molecule has 0 unspecified atom stereocenters. The summed E-state index contributed by atoms with van der Waals surface area (Å²) in [5, 5.41) is 11.5. The summed E-state index contributed by atoms with van der Waals surface area (Å²) in [6.45, 7) is 2.82. The van der Waals surface area contributed by atoms with E-state index >= 15 is 0 Å². The van der Waals surface area contributed by atoms with Gasteiger partial charge in [-0.2, -0.15) is 4.31 Å². The molecule has 0 aliphatic carbocycles. The third-order valence-corrected chi connectivity index (χ3v) is 4.75. The van der Waals surface area contributed by atoms with E-state index in [1.54, 1.807) is 6.92 Å². The van der Waals surface area contributed by atoms with Crippen LogP contribution in [-0.4, -0.2) is 49.1 Å². The van der Waals surface area contributed by atoms with E-state index in [-0.39, 0.29) is 17.9 Å². The molecule has 116 valence electrons. The van der Waals surface area contributed by atoms with Gasteiger partial charge in [-0.25, -0.2) is 13.2 Å². The number of benzene rings is 1. The van der Waals surface area contributed by atoms with Crippen molar-refractivity contribution in [3.05, 3.63) is 29.3 Å². The van der Waals surface area contributed by atoms with E-state index in [9.17, 15) is 18.0 Å². The van der Waals surface area contributed by atoms with E-state index in [1.165, 1.54) is 32.2 Å². The number of likely N-dealkylation sites (N-methyl/N-ethyl adjacent to an activating group) is 1. The van der Waals surface area contributed by atoms with Crippen molar-refractivity contribution in [3.8, 4) is 0 Å². The summed E-state index contributed by atoms with van der Waals surface area (Å²) < 4.78 is 24.1. The van der Waals surface area contributed by atoms with E-state index in [4.69, 9.17) is 5.11 Å². The molecule has 0 aliphatic rings. The van der Waals surface area contributed by atoms with Crippen molar-refractivity contribution in [1.29, 1.82) is 0 Å². The number of carboxylic acids is 1. The Morgan fingerprint density at radius 2 is 1.95 bits per heavy atom. The minimum atomic E-state index is -3.42. The molecule has 1 amide bonds. The lowest BCUT2D eigenvalue weighted by Crippen LogP contribution is -2.35. The van der Waals surface area contributed by atoms with Crippen molar-refractivity contribution in [2.45, 2.75) is 13.8 Å². The van der Waals surface area contributed by atoms with Gasteiger partial charge < -0.3 is 10.4 Å². The van der Waals surface area contributed by atoms with Crippen molar-refractivity contribution in [1.82, 2.24) is 4.31 Å². The standard InChI is InChI=1S/C13H18N2O5S/c1-4-21(19,20)15(3)8-12(16)14-10-5-6-11(13(17)18)9(2)7-10/h5-7H,4,8H2,1-3H3,(H,14,16)(H,17,18). The van der Waals surface area contributed by atoms with Gasteiger partial charge in [-0.05, 0) is 37.6 Å². The molecule has 1 aromatic carbocycles. The fraction of sp³-hybridized carbons (Fsp3) is 0.385. The Balaban J connectivity index is 2.76. The van der Waals surface area contributed by atoms with Gasteiger partial charge in [0.05, 0.1) is 17.9 Å². The zero-order valence-electron chi connectivity index (χ0n) is 12.1. The van der Waals surface area contributed by atoms with Crippen LogP contribution in [0.4, 0.5) is 5.69 Å². The monoisotopic (exact) mass is 314 g/mol. The molecule has 0 aromatic heterocycles. The number of hydrogen-bond donors (Lipinski definition) is 2. The first-order valence-corrected chi connectivity index (χ1v) is 7.86. The van der Waals surface area contributed by atoms with E-state index < -0.39 is 21.9 Å². The van der Waals surface area contributed by atoms with Gasteiger partial charge in [0.2, 0.25) is 15.9 Å². The summed E-state index contributed by atoms with van der Waals surface area (Å²) in [5.74, 6) is -1.61. The number of carbonyl (C=O) groups is 2. The topological polar surface area (TPSA) is 104 Å². The highest BCUT2D eigenvalue weighted by atomic mass is 32.2. The van der Waals surface area contributed by atoms with Crippen LogP contribution in [-0.2, 0) is 14.8 Å². The molecule has 0 bridgehead atoms. The third kappa shape index (κ3) is 4.54. The molecule has 21 heavy (non-hydrogen) atoms. The zero-order chi connectivity index (χ0) is 16.2. The molecule has 0 atom stereocenters. The highest BCUT2D eigenvalue weighted by Crippen LogP contribution is 2.15. The van der Waals surface area contributed by atoms with Crippen molar-refractivity contribution in [3.63, 3.8) is 0 Å². The molecule has 7 nitrogen and oxygen atoms in total. The Labute approximate surface area is 123 Å². The van der Waals surface area contributed by atoms with E-state index in [2.05, 4.69) is 5.32 Å². The van der Waals surface area contributed by atoms with Crippen LogP contribution in [0, 0.1) is 6.92 Å². The quantitative estimate of drug-likeness (QED) is 0.812. The molecule has 0 aliphatic heterocycles. The molecular weight excluding hydrogens is 296 g/mol. The van der Waals surface area contributed by atoms with Crippen LogP contribution in [0.15, 0.2) is 18.2 Å². The SMILES string of the molecule is CCS(=O)(=O)N(C)CC(=O)Nc1ccc(C(=O)O)c(C)c1. The lowest BCUT2D eigenvalue weighted by molar-refractivity contribution is -0.116. The van der Waals surface area contributed by atoms with E-state index in [0.29, 0.717) is 11.3 Å². The maximum Gasteiger partial charge on any atom is 0.335 e. The smallest absolute Gasteiger partial charge is 0.335 e. The maximum absolute atomic E-state index is 11.8. The van der Waals surface area contributed by atoms with Crippen LogP contribution >= 0.6 is 0 Å². The van der Waals surface area contributed by atoms with Crippen molar-refractivity contribution in [2.75, 3.05) is 24.7 Å². The summed E-state index contributed by atoms with van der Waals surface area (Å²) >= 11 is 0. The number of sulfonamides is 1. The zero-order valence-corrected chi connectivity index (χ0v) is 12.9. The van der Waals surface area contributed by atoms with Crippen LogP contribution in [0.5, 0.6) is 0 Å². The van der Waals surface area contributed by atoms with Gasteiger partial charge in [0, 0.05) is 12.7 Å². The summed E-state index contributed by atoms with van der Waals surface area (Å²) in [6, 6.07) is 4.37. The molecule has 0 fully saturated rings. The number of hydrogen-bond acceptors (Lipinski definition) is 4. The molecular formula is C13H18N2O5S. The minimum Gasteiger partial charge on any atom is -0.478 e. The first-order chi connectivity index (χ1) is 9.67. The Morgan fingerprint density at radius 3 is 2.43 bits per heavy atom. The molecule has 0 saturated heterocycles. The Kier molecular flexibility index (Phi) is 5.45. The Morgan fingerprint density at radius 1 is 1.33 bits per heavy atom. The van der Waals surface area contributed by atoms with Crippen molar-refractivity contribution < 1.29 is 23.1 Å². The normalized spacial score (nSPS) is 11.4. The number of anilines is 1. The molecule has 2 N–H and O–H groups in total. The number of amides is 1. The molecule has 0 spiro atoms. The fourth-order valence-electron chi connectivity index (χ4n) is 1.70. The summed E-state index contributed by atoms with van der Waals surface area (Å²) in [5.41, 5.74) is 1.08. The van der Waals surface area contributed by atoms with Crippen molar-refractivity contribution in [2.24, 2.45) is 0 Å². The number of nitrogens with one attached hydrogen (secondary N) is 1. The van der Waals surface area contributed by atoms with Gasteiger partial charge >= 0.3 is 5.97 Å². The molecule has 0 heterocycles. The second-order valence-corrected chi connectivity index (χ2v) is 6.90. The average Bonchev–Trinajstić information content (AvgIpc) is 2.37. The Hall–Kier alpha value is -1.93. The first-order valence-electron chi connectivity index (χ1n) is 6.25. The second kappa shape index (κ2) is 6.68. The summed E-state index contributed by atoms with van der Waals surface area (Å²) in [7, 11) is -2.09. The third-order valence-electron chi connectivity index (χ3n) is 2.95. The molecule has 1 rings (SSSR count). The van der Waals surface area contributed by atoms with E-state index in [0.717, 1.165) is 4.31 Å². The van der Waals surface area contributed by atoms with Crippen LogP contribution in [0.2, 0.25) is 0 Å². The van der Waals surface area contributed by atoms with E-state index in [1.807, 2.05) is 0 Å². The van der Waals surface area contributed by atoms with Gasteiger partial charge in [-0.15, -0.1) is 0 Å². The molecule has 0 radical (unpaired) electrons. The number of carboxylic acid groups (broad SMARTS) is 1. The van der Waals surface area contributed by atoms with Gasteiger partial charge in [-0.1, -0.05) is 0 Å². The van der Waals surface area contributed by atoms with Crippen LogP contribution in [0.1, 0.15) is 22.8 Å². The van der Waals surface area contributed by atoms with Gasteiger partial charge in [-0.3, -0.25) is 4.79 Å². The fourth-order valence-corrected chi connectivity index (χ4v) is 2.46. The molecule has 8 heteroatoms. The maximum atomic E-state index is 11.8. The highest BCUT2D eigenvalue weighted by Gasteiger charge is 2.18. The predicted octanol–water partition coefficient (Wildman–Crippen LogP) is 0.913. The average molecular weight is 314 g/mol. The van der Waals surface area contributed by atoms with Gasteiger partial charge in [0.15, 0.2) is 0 Å². The number of aromatic carboxylic acids is 1. The number of aryl methyl sites for hydroxylation is 1. The predicted molar refractivity (Wildman–Crippen MR) is 78.9 cm³/mol. The molecule has 1 aromatic rings. The largest absolute Gasteiger partial charge is 0.478 e. The summed E-state index contributed by atoms with van der Waals surface area (Å²) in [6.07, 6.45) is 0. The van der Waals surface area contributed by atoms with Crippen LogP contribution < -0.4 is 5.32 Å². The van der Waals surface area contributed by atoms with Gasteiger partial charge in [0.1, 0.15) is 0 Å². The number of rotatable bonds is 6. The van der Waals surface area contributed by atoms with Crippen molar-refractivity contribution >= 4 is 27.6 Å². The van der Waals surface area contributed by atoms with Gasteiger partial charge in [0.25, 0.3) is 0 Å². The Bertz CT molecular complexity index is 655. The number of nitrogens with zero attached hydrogens (tertiary/aromatic N) is 1. The first kappa shape index (κ1) is 17.1. The highest BCUT2D eigenvalue weighted by molar-refractivity contribution is 7.89. The van der Waals surface area contributed by atoms with Crippen LogP contribution in [0.3, 0.4) is 0 Å². The lowest BCUT2D eigenvalue weighted by atomic mass is 10.1. The summed E-state index contributed by atoms with van der Waals surface area (Å²) in [4.78, 5) is 22.7.